The average Bonchev–Trinajstić information content (AvgIpc) is 2.79. The molecule has 152 valence electrons. The van der Waals surface area contributed by atoms with Gasteiger partial charge < -0.3 is 14.7 Å². The van der Waals surface area contributed by atoms with Crippen LogP contribution in [0.15, 0.2) is 42.7 Å². The molecule has 4 rings (SSSR count). The molecule has 0 bridgehead atoms. The van der Waals surface area contributed by atoms with Crippen molar-refractivity contribution in [2.45, 2.75) is 19.8 Å². The number of likely N-dealkylation sites (tertiary alicyclic amines) is 1. The van der Waals surface area contributed by atoms with Crippen molar-refractivity contribution in [1.82, 2.24) is 19.8 Å². The number of hydrogen-bond acceptors (Lipinski definition) is 5. The lowest BCUT2D eigenvalue weighted by molar-refractivity contribution is 0.0683. The Kier molecular flexibility index (Phi) is 5.74. The van der Waals surface area contributed by atoms with Crippen molar-refractivity contribution >= 4 is 17.8 Å². The summed E-state index contributed by atoms with van der Waals surface area (Å²) in [5, 5.41) is 0. The average molecular weight is 393 g/mol. The highest BCUT2D eigenvalue weighted by Crippen LogP contribution is 2.19. The molecule has 7 nitrogen and oxygen atoms in total. The van der Waals surface area contributed by atoms with Crippen LogP contribution in [0.2, 0.25) is 0 Å². The van der Waals surface area contributed by atoms with E-state index in [0.29, 0.717) is 49.2 Å². The number of hydrogen-bond donors (Lipinski definition) is 0. The third-order valence-corrected chi connectivity index (χ3v) is 5.70. The molecule has 1 aromatic carbocycles. The summed E-state index contributed by atoms with van der Waals surface area (Å²) in [4.78, 5) is 40.3. The van der Waals surface area contributed by atoms with Gasteiger partial charge in [0.25, 0.3) is 11.8 Å². The summed E-state index contributed by atoms with van der Waals surface area (Å²) in [6.45, 7) is 6.38. The second-order valence-corrected chi connectivity index (χ2v) is 7.91. The first-order valence-corrected chi connectivity index (χ1v) is 10.3. The number of rotatable bonds is 3. The van der Waals surface area contributed by atoms with Crippen LogP contribution in [0, 0.1) is 5.92 Å². The summed E-state index contributed by atoms with van der Waals surface area (Å²) < 4.78 is 0. The van der Waals surface area contributed by atoms with E-state index in [2.05, 4.69) is 21.8 Å². The highest BCUT2D eigenvalue weighted by Gasteiger charge is 2.25. The topological polar surface area (TPSA) is 69.6 Å². The second-order valence-electron chi connectivity index (χ2n) is 7.91. The Morgan fingerprint density at radius 3 is 2.21 bits per heavy atom. The van der Waals surface area contributed by atoms with E-state index in [0.717, 1.165) is 19.5 Å². The Balaban J connectivity index is 1.41. The number of piperidine rings is 1. The van der Waals surface area contributed by atoms with E-state index in [9.17, 15) is 9.59 Å². The minimum atomic E-state index is -0.0275. The molecule has 2 aliphatic heterocycles. The quantitative estimate of drug-likeness (QED) is 0.800. The van der Waals surface area contributed by atoms with Crippen LogP contribution in [0.5, 0.6) is 0 Å². The molecule has 1 unspecified atom stereocenters. The molecule has 2 aliphatic rings. The van der Waals surface area contributed by atoms with Gasteiger partial charge in [0.05, 0.1) is 0 Å². The van der Waals surface area contributed by atoms with Gasteiger partial charge in [-0.2, -0.15) is 0 Å². The zero-order valence-electron chi connectivity index (χ0n) is 16.8. The molecule has 0 spiro atoms. The van der Waals surface area contributed by atoms with Gasteiger partial charge in [-0.15, -0.1) is 0 Å². The molecular weight excluding hydrogens is 366 g/mol. The van der Waals surface area contributed by atoms with Gasteiger partial charge in [0, 0.05) is 62.8 Å². The zero-order valence-corrected chi connectivity index (χ0v) is 16.8. The van der Waals surface area contributed by atoms with E-state index in [4.69, 9.17) is 0 Å². The molecule has 0 saturated carbocycles. The van der Waals surface area contributed by atoms with Gasteiger partial charge in [-0.05, 0) is 43.0 Å². The molecule has 1 aromatic heterocycles. The molecule has 2 fully saturated rings. The third-order valence-electron chi connectivity index (χ3n) is 5.70. The Hall–Kier alpha value is -2.96. The maximum absolute atomic E-state index is 13.0. The first kappa shape index (κ1) is 19.4. The van der Waals surface area contributed by atoms with Crippen molar-refractivity contribution in [3.05, 3.63) is 53.9 Å². The van der Waals surface area contributed by atoms with Crippen LogP contribution in [0.1, 0.15) is 40.5 Å². The second kappa shape index (κ2) is 8.59. The molecule has 29 heavy (non-hydrogen) atoms. The minimum absolute atomic E-state index is 0.0252. The van der Waals surface area contributed by atoms with Crippen molar-refractivity contribution in [2.24, 2.45) is 5.92 Å². The summed E-state index contributed by atoms with van der Waals surface area (Å²) in [7, 11) is 0. The fourth-order valence-electron chi connectivity index (χ4n) is 4.09. The van der Waals surface area contributed by atoms with E-state index in [1.807, 2.05) is 21.9 Å². The maximum Gasteiger partial charge on any atom is 0.253 e. The number of amides is 2. The Labute approximate surface area is 171 Å². The van der Waals surface area contributed by atoms with E-state index < -0.39 is 0 Å². The van der Waals surface area contributed by atoms with E-state index in [1.54, 1.807) is 30.6 Å². The fourth-order valence-corrected chi connectivity index (χ4v) is 4.09. The van der Waals surface area contributed by atoms with Crippen LogP contribution in [0.3, 0.4) is 0 Å². The first-order chi connectivity index (χ1) is 14.1. The van der Waals surface area contributed by atoms with Crippen LogP contribution in [0.4, 0.5) is 5.95 Å². The van der Waals surface area contributed by atoms with Gasteiger partial charge in [-0.1, -0.05) is 13.0 Å². The molecular formula is C22H27N5O2. The van der Waals surface area contributed by atoms with Gasteiger partial charge in [-0.3, -0.25) is 9.59 Å². The molecule has 0 aliphatic carbocycles. The number of nitrogens with zero attached hydrogens (tertiary/aromatic N) is 5. The van der Waals surface area contributed by atoms with E-state index in [1.165, 1.54) is 6.42 Å². The highest BCUT2D eigenvalue weighted by atomic mass is 16.2. The summed E-state index contributed by atoms with van der Waals surface area (Å²) >= 11 is 0. The fraction of sp³-hybridized carbons (Fsp3) is 0.455. The van der Waals surface area contributed by atoms with Crippen molar-refractivity contribution in [1.29, 1.82) is 0 Å². The number of carbonyl (C=O) groups is 2. The molecule has 1 atom stereocenters. The molecule has 2 aromatic rings. The molecule has 2 saturated heterocycles. The lowest BCUT2D eigenvalue weighted by atomic mass is 9.99. The van der Waals surface area contributed by atoms with Gasteiger partial charge in [0.1, 0.15) is 0 Å². The summed E-state index contributed by atoms with van der Waals surface area (Å²) in [6.07, 6.45) is 5.67. The van der Waals surface area contributed by atoms with Crippen LogP contribution in [-0.2, 0) is 0 Å². The minimum Gasteiger partial charge on any atom is -0.338 e. The highest BCUT2D eigenvalue weighted by molar-refractivity contribution is 5.99. The Morgan fingerprint density at radius 2 is 1.55 bits per heavy atom. The molecule has 2 amide bonds. The van der Waals surface area contributed by atoms with Crippen molar-refractivity contribution in [3.63, 3.8) is 0 Å². The van der Waals surface area contributed by atoms with Crippen LogP contribution in [0.25, 0.3) is 0 Å². The SMILES string of the molecule is CC1CCCN(C(=O)c2cccc(C(=O)N3CCN(c4ncccn4)CC3)c2)C1. The summed E-state index contributed by atoms with van der Waals surface area (Å²) in [5.74, 6) is 1.22. The van der Waals surface area contributed by atoms with Crippen LogP contribution < -0.4 is 4.90 Å². The number of anilines is 1. The lowest BCUT2D eigenvalue weighted by Gasteiger charge is -2.34. The van der Waals surface area contributed by atoms with Gasteiger partial charge >= 0.3 is 0 Å². The van der Waals surface area contributed by atoms with Crippen molar-refractivity contribution in [2.75, 3.05) is 44.2 Å². The predicted molar refractivity (Wildman–Crippen MR) is 111 cm³/mol. The predicted octanol–water partition coefficient (Wildman–Crippen LogP) is 2.31. The van der Waals surface area contributed by atoms with Gasteiger partial charge in [0.15, 0.2) is 0 Å². The first-order valence-electron chi connectivity index (χ1n) is 10.3. The number of aromatic nitrogens is 2. The number of benzene rings is 1. The number of carbonyl (C=O) groups excluding carboxylic acids is 2. The van der Waals surface area contributed by atoms with E-state index in [-0.39, 0.29) is 11.8 Å². The maximum atomic E-state index is 13.0. The molecule has 7 heteroatoms. The summed E-state index contributed by atoms with van der Waals surface area (Å²) in [6, 6.07) is 8.95. The van der Waals surface area contributed by atoms with Crippen molar-refractivity contribution < 1.29 is 9.59 Å². The van der Waals surface area contributed by atoms with Crippen LogP contribution in [-0.4, -0.2) is 70.9 Å². The monoisotopic (exact) mass is 393 g/mol. The van der Waals surface area contributed by atoms with Crippen LogP contribution >= 0.6 is 0 Å². The third kappa shape index (κ3) is 4.39. The number of piperazine rings is 1. The van der Waals surface area contributed by atoms with Crippen molar-refractivity contribution in [3.8, 4) is 0 Å². The Bertz CT molecular complexity index is 865. The molecule has 0 radical (unpaired) electrons. The molecule has 3 heterocycles. The molecule has 0 N–H and O–H groups in total. The largest absolute Gasteiger partial charge is 0.338 e. The normalized spacial score (nSPS) is 19.9. The Morgan fingerprint density at radius 1 is 0.897 bits per heavy atom. The zero-order chi connectivity index (χ0) is 20.2. The van der Waals surface area contributed by atoms with E-state index >= 15 is 0 Å². The van der Waals surface area contributed by atoms with Gasteiger partial charge in [0.2, 0.25) is 5.95 Å². The summed E-state index contributed by atoms with van der Waals surface area (Å²) in [5.41, 5.74) is 1.17. The lowest BCUT2D eigenvalue weighted by Crippen LogP contribution is -2.49. The smallest absolute Gasteiger partial charge is 0.253 e. The standard InChI is InChI=1S/C22H27N5O2/c1-17-5-3-10-27(16-17)21(29)19-7-2-6-18(15-19)20(28)25-11-13-26(14-12-25)22-23-8-4-9-24-22/h2,4,6-9,15,17H,3,5,10-14,16H2,1H3. The van der Waals surface area contributed by atoms with Gasteiger partial charge in [-0.25, -0.2) is 9.97 Å².